The number of nitrogens with one attached hydrogen (secondary N) is 1. The van der Waals surface area contributed by atoms with Crippen molar-refractivity contribution in [3.8, 4) is 6.07 Å². The van der Waals surface area contributed by atoms with E-state index >= 15 is 0 Å². The van der Waals surface area contributed by atoms with Gasteiger partial charge in [-0.3, -0.25) is 0 Å². The maximum Gasteiger partial charge on any atom is 0.209 e. The lowest BCUT2D eigenvalue weighted by Gasteiger charge is -2.19. The smallest absolute Gasteiger partial charge is 0.209 e. The fourth-order valence-corrected chi connectivity index (χ4v) is 1.94. The third-order valence-corrected chi connectivity index (χ3v) is 3.23. The molecule has 82 valence electrons. The van der Waals surface area contributed by atoms with E-state index in [9.17, 15) is 0 Å². The number of hydrogen-bond acceptors (Lipinski definition) is 6. The lowest BCUT2D eigenvalue weighted by molar-refractivity contribution is 0.479. The van der Waals surface area contributed by atoms with Gasteiger partial charge in [0.2, 0.25) is 5.16 Å². The number of tetrazole rings is 1. The van der Waals surface area contributed by atoms with Crippen molar-refractivity contribution in [1.29, 1.82) is 5.26 Å². The van der Waals surface area contributed by atoms with Gasteiger partial charge in [0.25, 0.3) is 0 Å². The van der Waals surface area contributed by atoms with E-state index in [1.807, 2.05) is 6.92 Å². The second-order valence-electron chi connectivity index (χ2n) is 3.38. The minimum absolute atomic E-state index is 0.473. The minimum Gasteiger partial charge on any atom is -0.303 e. The number of aryl methyl sites for hydroxylation is 1. The first-order valence-corrected chi connectivity index (χ1v) is 5.55. The van der Waals surface area contributed by atoms with Gasteiger partial charge in [0.05, 0.1) is 6.07 Å². The van der Waals surface area contributed by atoms with Gasteiger partial charge in [-0.15, -0.1) is 5.10 Å². The van der Waals surface area contributed by atoms with Crippen LogP contribution >= 0.6 is 11.8 Å². The summed E-state index contributed by atoms with van der Waals surface area (Å²) in [6, 6.07) is 2.24. The normalized spacial score (nSPS) is 14.5. The molecular formula is C8H14N6S. The highest BCUT2D eigenvalue weighted by atomic mass is 32.2. The van der Waals surface area contributed by atoms with Crippen molar-refractivity contribution in [2.75, 3.05) is 12.8 Å². The van der Waals surface area contributed by atoms with Gasteiger partial charge in [0.1, 0.15) is 5.54 Å². The summed E-state index contributed by atoms with van der Waals surface area (Å²) in [6.45, 7) is 1.88. The van der Waals surface area contributed by atoms with Gasteiger partial charge < -0.3 is 5.32 Å². The minimum atomic E-state index is -0.473. The average molecular weight is 226 g/mol. The predicted octanol–water partition coefficient (Wildman–Crippen LogP) is 0.194. The van der Waals surface area contributed by atoms with Crippen LogP contribution in [-0.2, 0) is 7.05 Å². The zero-order chi connectivity index (χ0) is 11.3. The van der Waals surface area contributed by atoms with E-state index in [1.165, 1.54) is 0 Å². The Morgan fingerprint density at radius 2 is 2.40 bits per heavy atom. The summed E-state index contributed by atoms with van der Waals surface area (Å²) in [5.74, 6) is 0.805. The fraction of sp³-hybridized carbons (Fsp3) is 0.750. The van der Waals surface area contributed by atoms with Crippen LogP contribution in [-0.4, -0.2) is 38.5 Å². The largest absolute Gasteiger partial charge is 0.303 e. The number of nitriles is 1. The van der Waals surface area contributed by atoms with Gasteiger partial charge in [-0.25, -0.2) is 4.68 Å². The lowest BCUT2D eigenvalue weighted by Crippen LogP contribution is -2.38. The molecule has 1 heterocycles. The Balaban J connectivity index is 2.40. The van der Waals surface area contributed by atoms with Crippen LogP contribution < -0.4 is 5.32 Å². The van der Waals surface area contributed by atoms with E-state index in [-0.39, 0.29) is 0 Å². The first kappa shape index (κ1) is 11.9. The van der Waals surface area contributed by atoms with Crippen LogP contribution in [0.1, 0.15) is 13.3 Å². The Labute approximate surface area is 93.0 Å². The molecule has 15 heavy (non-hydrogen) atoms. The highest BCUT2D eigenvalue weighted by molar-refractivity contribution is 7.99. The van der Waals surface area contributed by atoms with Crippen molar-refractivity contribution in [1.82, 2.24) is 25.5 Å². The van der Waals surface area contributed by atoms with Gasteiger partial charge in [-0.1, -0.05) is 11.8 Å². The quantitative estimate of drug-likeness (QED) is 0.722. The van der Waals surface area contributed by atoms with E-state index in [4.69, 9.17) is 5.26 Å². The molecule has 7 heteroatoms. The van der Waals surface area contributed by atoms with Crippen molar-refractivity contribution >= 4 is 11.8 Å². The topological polar surface area (TPSA) is 79.4 Å². The molecule has 0 aromatic carbocycles. The zero-order valence-electron chi connectivity index (χ0n) is 9.06. The molecule has 1 aromatic rings. The number of thioether (sulfide) groups is 1. The third-order valence-electron chi connectivity index (χ3n) is 2.21. The molecule has 0 aliphatic heterocycles. The SMILES string of the molecule is CNC(C)(C#N)CCSc1nnnn1C. The van der Waals surface area contributed by atoms with Crippen LogP contribution in [0.2, 0.25) is 0 Å². The van der Waals surface area contributed by atoms with E-state index in [0.717, 1.165) is 17.3 Å². The molecule has 1 unspecified atom stereocenters. The van der Waals surface area contributed by atoms with Crippen molar-refractivity contribution in [2.24, 2.45) is 7.05 Å². The van der Waals surface area contributed by atoms with Gasteiger partial charge in [-0.05, 0) is 30.8 Å². The molecule has 0 spiro atoms. The van der Waals surface area contributed by atoms with Crippen LogP contribution in [0.5, 0.6) is 0 Å². The fourth-order valence-electron chi connectivity index (χ4n) is 0.927. The summed E-state index contributed by atoms with van der Waals surface area (Å²) >= 11 is 1.55. The number of nitrogens with zero attached hydrogens (tertiary/aromatic N) is 5. The van der Waals surface area contributed by atoms with Crippen molar-refractivity contribution in [3.63, 3.8) is 0 Å². The molecule has 0 aliphatic carbocycles. The summed E-state index contributed by atoms with van der Waals surface area (Å²) in [7, 11) is 3.58. The Morgan fingerprint density at radius 3 is 2.87 bits per heavy atom. The highest BCUT2D eigenvalue weighted by Gasteiger charge is 2.20. The van der Waals surface area contributed by atoms with Gasteiger partial charge in [0, 0.05) is 12.8 Å². The molecule has 0 radical (unpaired) electrons. The average Bonchev–Trinajstić information content (AvgIpc) is 2.64. The third kappa shape index (κ3) is 3.18. The van der Waals surface area contributed by atoms with Crippen LogP contribution in [0.15, 0.2) is 5.16 Å². The van der Waals surface area contributed by atoms with E-state index in [1.54, 1.807) is 30.5 Å². The van der Waals surface area contributed by atoms with Gasteiger partial charge in [0.15, 0.2) is 0 Å². The van der Waals surface area contributed by atoms with Crippen LogP contribution in [0, 0.1) is 11.3 Å². The Morgan fingerprint density at radius 1 is 1.67 bits per heavy atom. The van der Waals surface area contributed by atoms with E-state index in [0.29, 0.717) is 0 Å². The predicted molar refractivity (Wildman–Crippen MR) is 57.2 cm³/mol. The summed E-state index contributed by atoms with van der Waals surface area (Å²) in [5.41, 5.74) is -0.473. The molecule has 0 aliphatic rings. The first-order chi connectivity index (χ1) is 7.11. The molecule has 1 atom stereocenters. The van der Waals surface area contributed by atoms with Gasteiger partial charge in [-0.2, -0.15) is 5.26 Å². The van der Waals surface area contributed by atoms with E-state index in [2.05, 4.69) is 26.9 Å². The van der Waals surface area contributed by atoms with Crippen LogP contribution in [0.3, 0.4) is 0 Å². The molecule has 0 fully saturated rings. The van der Waals surface area contributed by atoms with Crippen LogP contribution in [0.25, 0.3) is 0 Å². The van der Waals surface area contributed by atoms with Crippen molar-refractivity contribution in [3.05, 3.63) is 0 Å². The van der Waals surface area contributed by atoms with E-state index < -0.39 is 5.54 Å². The molecule has 6 nitrogen and oxygen atoms in total. The second-order valence-corrected chi connectivity index (χ2v) is 4.44. The Hall–Kier alpha value is -1.13. The summed E-state index contributed by atoms with van der Waals surface area (Å²) in [6.07, 6.45) is 0.748. The molecular weight excluding hydrogens is 212 g/mol. The highest BCUT2D eigenvalue weighted by Crippen LogP contribution is 2.18. The summed E-state index contributed by atoms with van der Waals surface area (Å²) < 4.78 is 1.62. The molecule has 1 rings (SSSR count). The summed E-state index contributed by atoms with van der Waals surface area (Å²) in [4.78, 5) is 0. The standard InChI is InChI=1S/C8H14N6S/c1-8(6-9,10-2)4-5-15-7-11-12-13-14(7)3/h10H,4-5H2,1-3H3. The van der Waals surface area contributed by atoms with Crippen molar-refractivity contribution < 1.29 is 0 Å². The molecule has 0 bridgehead atoms. The molecule has 1 aromatic heterocycles. The first-order valence-electron chi connectivity index (χ1n) is 4.56. The second kappa shape index (κ2) is 5.09. The molecule has 1 N–H and O–H groups in total. The monoisotopic (exact) mass is 226 g/mol. The maximum atomic E-state index is 8.93. The zero-order valence-corrected chi connectivity index (χ0v) is 9.88. The Bertz CT molecular complexity index is 356. The molecule has 0 saturated heterocycles. The van der Waals surface area contributed by atoms with Crippen LogP contribution in [0.4, 0.5) is 0 Å². The number of aromatic nitrogens is 4. The van der Waals surface area contributed by atoms with Crippen molar-refractivity contribution in [2.45, 2.75) is 24.0 Å². The maximum absolute atomic E-state index is 8.93. The Kier molecular flexibility index (Phi) is 4.05. The lowest BCUT2D eigenvalue weighted by atomic mass is 10.0. The van der Waals surface area contributed by atoms with Gasteiger partial charge >= 0.3 is 0 Å². The number of hydrogen-bond donors (Lipinski definition) is 1. The number of rotatable bonds is 5. The molecule has 0 amide bonds. The molecule has 0 saturated carbocycles. The summed E-state index contributed by atoms with van der Waals surface area (Å²) in [5, 5.41) is 23.8.